The van der Waals surface area contributed by atoms with Gasteiger partial charge in [0.15, 0.2) is 6.61 Å². The molecule has 1 atom stereocenters. The average Bonchev–Trinajstić information content (AvgIpc) is 2.80. The molecule has 1 heterocycles. The van der Waals surface area contributed by atoms with Gasteiger partial charge in [0.1, 0.15) is 23.3 Å². The Kier molecular flexibility index (Phi) is 10.7. The molecule has 200 valence electrons. The first-order chi connectivity index (χ1) is 17.3. The molecular formula is C25H27BrF2N2O7. The number of Topliss-reactive ketones (excluding diaryl/α,β-unsaturated/α-hetero) is 1. The summed E-state index contributed by atoms with van der Waals surface area (Å²) in [6.45, 7) is 4.22. The number of benzene rings is 1. The predicted molar refractivity (Wildman–Crippen MR) is 131 cm³/mol. The van der Waals surface area contributed by atoms with Crippen molar-refractivity contribution >= 4 is 39.7 Å². The molecule has 37 heavy (non-hydrogen) atoms. The highest BCUT2D eigenvalue weighted by Gasteiger charge is 2.27. The van der Waals surface area contributed by atoms with E-state index < -0.39 is 53.7 Å². The minimum absolute atomic E-state index is 0.0244. The third-order valence-corrected chi connectivity index (χ3v) is 5.39. The average molecular weight is 585 g/mol. The van der Waals surface area contributed by atoms with E-state index in [1.54, 1.807) is 20.8 Å². The Hall–Kier alpha value is -3.41. The second-order valence-electron chi connectivity index (χ2n) is 8.87. The van der Waals surface area contributed by atoms with Crippen LogP contribution in [0.15, 0.2) is 34.8 Å². The van der Waals surface area contributed by atoms with Gasteiger partial charge in [0.25, 0.3) is 0 Å². The van der Waals surface area contributed by atoms with E-state index in [0.717, 1.165) is 18.2 Å². The Morgan fingerprint density at radius 2 is 1.81 bits per heavy atom. The molecule has 0 aliphatic rings. The van der Waals surface area contributed by atoms with Crippen LogP contribution in [0.4, 0.5) is 13.6 Å². The Bertz CT molecular complexity index is 1170. The molecule has 0 fully saturated rings. The molecule has 2 aromatic rings. The quantitative estimate of drug-likeness (QED) is 0.252. The van der Waals surface area contributed by atoms with Crippen molar-refractivity contribution in [2.24, 2.45) is 0 Å². The third-order valence-electron chi connectivity index (χ3n) is 4.74. The first kappa shape index (κ1) is 29.8. The number of rotatable bonds is 10. The van der Waals surface area contributed by atoms with Crippen LogP contribution >= 0.6 is 15.9 Å². The van der Waals surface area contributed by atoms with Crippen LogP contribution in [-0.2, 0) is 36.6 Å². The molecule has 0 spiro atoms. The number of nitrogens with one attached hydrogen (secondary N) is 1. The van der Waals surface area contributed by atoms with Gasteiger partial charge in [-0.25, -0.2) is 18.4 Å². The van der Waals surface area contributed by atoms with Crippen LogP contribution in [-0.4, -0.2) is 54.2 Å². The molecule has 1 unspecified atom stereocenters. The number of nitrogens with zero attached hydrogens (tertiary/aromatic N) is 1. The van der Waals surface area contributed by atoms with Crippen molar-refractivity contribution in [1.29, 1.82) is 0 Å². The van der Waals surface area contributed by atoms with Gasteiger partial charge < -0.3 is 19.5 Å². The van der Waals surface area contributed by atoms with Crippen LogP contribution < -0.4 is 5.32 Å². The van der Waals surface area contributed by atoms with Gasteiger partial charge in [-0.15, -0.1) is 0 Å². The van der Waals surface area contributed by atoms with E-state index in [2.05, 4.69) is 31.0 Å². The first-order valence-electron chi connectivity index (χ1n) is 11.1. The number of pyridine rings is 1. The number of aromatic nitrogens is 1. The highest BCUT2D eigenvalue weighted by atomic mass is 79.9. The fraction of sp³-hybridized carbons (Fsp3) is 0.400. The van der Waals surface area contributed by atoms with Crippen LogP contribution in [0.3, 0.4) is 0 Å². The number of hydrogen-bond acceptors (Lipinski definition) is 8. The van der Waals surface area contributed by atoms with Crippen LogP contribution in [0.2, 0.25) is 0 Å². The summed E-state index contributed by atoms with van der Waals surface area (Å²) in [5, 5.41) is 2.38. The summed E-state index contributed by atoms with van der Waals surface area (Å²) in [5.41, 5.74) is -0.574. The normalized spacial score (nSPS) is 11.9. The van der Waals surface area contributed by atoms with Crippen molar-refractivity contribution in [2.45, 2.75) is 51.7 Å². The van der Waals surface area contributed by atoms with Crippen LogP contribution in [0, 0.1) is 11.6 Å². The topological polar surface area (TPSA) is 121 Å². The van der Waals surface area contributed by atoms with Gasteiger partial charge in [-0.05, 0) is 67.0 Å². The summed E-state index contributed by atoms with van der Waals surface area (Å²) in [6, 6.07) is 4.52. The molecule has 1 N–H and O–H groups in total. The SMILES string of the molecule is COC(=O)CCc1nc(CC(NC(=O)OC(C)(C)C)C(=O)OCC(=O)c2ccc(F)cc2Br)ccc1F. The lowest BCUT2D eigenvalue weighted by molar-refractivity contribution is -0.145. The summed E-state index contributed by atoms with van der Waals surface area (Å²) >= 11 is 3.08. The maximum Gasteiger partial charge on any atom is 0.408 e. The molecule has 0 aliphatic heterocycles. The number of esters is 2. The lowest BCUT2D eigenvalue weighted by Gasteiger charge is -2.23. The highest BCUT2D eigenvalue weighted by Crippen LogP contribution is 2.19. The fourth-order valence-electron chi connectivity index (χ4n) is 3.02. The van der Waals surface area contributed by atoms with Crippen molar-refractivity contribution < 1.29 is 42.2 Å². The van der Waals surface area contributed by atoms with Gasteiger partial charge in [0.05, 0.1) is 19.2 Å². The molecule has 0 saturated carbocycles. The standard InChI is InChI=1S/C25H27BrF2N2O7/c1-25(2,3)37-24(34)30-20(12-15-6-8-18(28)19(29-15)9-10-22(32)35-4)23(33)36-13-21(31)16-7-5-14(27)11-17(16)26/h5-8,11,20H,9-10,12-13H2,1-4H3,(H,30,34). The number of aryl methyl sites for hydroxylation is 1. The zero-order chi connectivity index (χ0) is 27.8. The Balaban J connectivity index is 2.19. The lowest BCUT2D eigenvalue weighted by atomic mass is 10.1. The highest BCUT2D eigenvalue weighted by molar-refractivity contribution is 9.10. The van der Waals surface area contributed by atoms with Gasteiger partial charge in [-0.3, -0.25) is 14.6 Å². The van der Waals surface area contributed by atoms with Gasteiger partial charge in [0.2, 0.25) is 5.78 Å². The molecule has 0 bridgehead atoms. The number of halogens is 3. The second kappa shape index (κ2) is 13.2. The Labute approximate surface area is 221 Å². The Morgan fingerprint density at radius 1 is 1.11 bits per heavy atom. The number of alkyl carbamates (subject to hydrolysis) is 1. The molecule has 1 aromatic carbocycles. The van der Waals surface area contributed by atoms with E-state index in [1.165, 1.54) is 19.2 Å². The number of hydrogen-bond donors (Lipinski definition) is 1. The largest absolute Gasteiger partial charge is 0.469 e. The van der Waals surface area contributed by atoms with Crippen molar-refractivity contribution in [2.75, 3.05) is 13.7 Å². The minimum atomic E-state index is -1.34. The lowest BCUT2D eigenvalue weighted by Crippen LogP contribution is -2.46. The van der Waals surface area contributed by atoms with Gasteiger partial charge >= 0.3 is 18.0 Å². The van der Waals surface area contributed by atoms with Crippen molar-refractivity contribution in [1.82, 2.24) is 10.3 Å². The van der Waals surface area contributed by atoms with Crippen molar-refractivity contribution in [3.8, 4) is 0 Å². The zero-order valence-electron chi connectivity index (χ0n) is 20.7. The number of carbonyl (C=O) groups excluding carboxylic acids is 4. The molecule has 2 rings (SSSR count). The molecular weight excluding hydrogens is 558 g/mol. The molecule has 9 nitrogen and oxygen atoms in total. The summed E-state index contributed by atoms with van der Waals surface area (Å²) in [4.78, 5) is 53.2. The van der Waals surface area contributed by atoms with Gasteiger partial charge in [0, 0.05) is 28.6 Å². The third kappa shape index (κ3) is 9.87. The monoisotopic (exact) mass is 584 g/mol. The predicted octanol–water partition coefficient (Wildman–Crippen LogP) is 4.09. The molecule has 12 heteroatoms. The van der Waals surface area contributed by atoms with Crippen LogP contribution in [0.25, 0.3) is 0 Å². The molecule has 0 radical (unpaired) electrons. The van der Waals surface area contributed by atoms with Gasteiger partial charge in [-0.1, -0.05) is 0 Å². The van der Waals surface area contributed by atoms with E-state index in [9.17, 15) is 28.0 Å². The summed E-state index contributed by atoms with van der Waals surface area (Å²) in [7, 11) is 1.21. The zero-order valence-corrected chi connectivity index (χ0v) is 22.3. The summed E-state index contributed by atoms with van der Waals surface area (Å²) in [5.74, 6) is -3.33. The fourth-order valence-corrected chi connectivity index (χ4v) is 3.60. The van der Waals surface area contributed by atoms with Crippen molar-refractivity contribution in [3.63, 3.8) is 0 Å². The Morgan fingerprint density at radius 3 is 2.43 bits per heavy atom. The van der Waals surface area contributed by atoms with E-state index in [1.807, 2.05) is 0 Å². The smallest absolute Gasteiger partial charge is 0.408 e. The number of amides is 1. The maximum atomic E-state index is 14.2. The van der Waals surface area contributed by atoms with Gasteiger partial charge in [-0.2, -0.15) is 0 Å². The number of ether oxygens (including phenoxy) is 3. The summed E-state index contributed by atoms with van der Waals surface area (Å²) < 4.78 is 42.5. The number of ketones is 1. The molecule has 1 aromatic heterocycles. The first-order valence-corrected chi connectivity index (χ1v) is 11.9. The number of carbonyl (C=O) groups is 4. The van der Waals surface area contributed by atoms with E-state index >= 15 is 0 Å². The maximum absolute atomic E-state index is 14.2. The molecule has 0 saturated heterocycles. The van der Waals surface area contributed by atoms with Crippen molar-refractivity contribution in [3.05, 3.63) is 63.4 Å². The van der Waals surface area contributed by atoms with Crippen LogP contribution in [0.1, 0.15) is 48.9 Å². The number of methoxy groups -OCH3 is 1. The van der Waals surface area contributed by atoms with Crippen LogP contribution in [0.5, 0.6) is 0 Å². The van der Waals surface area contributed by atoms with E-state index in [-0.39, 0.29) is 40.7 Å². The van der Waals surface area contributed by atoms with E-state index in [4.69, 9.17) is 9.47 Å². The molecule has 1 amide bonds. The molecule has 0 aliphatic carbocycles. The van der Waals surface area contributed by atoms with E-state index in [0.29, 0.717) is 0 Å². The second-order valence-corrected chi connectivity index (χ2v) is 9.72. The minimum Gasteiger partial charge on any atom is -0.469 e. The summed E-state index contributed by atoms with van der Waals surface area (Å²) in [6.07, 6.45) is -1.29.